The van der Waals surface area contributed by atoms with Crippen molar-refractivity contribution < 1.29 is 22.4 Å². The number of hydrogen-bond donors (Lipinski definition) is 0. The second-order valence-corrected chi connectivity index (χ2v) is 9.93. The van der Waals surface area contributed by atoms with Crippen LogP contribution in [0.1, 0.15) is 29.1 Å². The zero-order valence-corrected chi connectivity index (χ0v) is 18.3. The Morgan fingerprint density at radius 2 is 1.97 bits per heavy atom. The van der Waals surface area contributed by atoms with Gasteiger partial charge in [-0.05, 0) is 43.2 Å². The molecule has 4 rings (SSSR count). The van der Waals surface area contributed by atoms with Crippen molar-refractivity contribution in [3.05, 3.63) is 60.2 Å². The van der Waals surface area contributed by atoms with E-state index >= 15 is 0 Å². The lowest BCUT2D eigenvalue weighted by Crippen LogP contribution is -2.43. The van der Waals surface area contributed by atoms with Crippen LogP contribution in [0.3, 0.4) is 0 Å². The second kappa shape index (κ2) is 8.58. The van der Waals surface area contributed by atoms with E-state index in [0.717, 1.165) is 5.56 Å². The van der Waals surface area contributed by atoms with Gasteiger partial charge in [-0.1, -0.05) is 12.1 Å². The number of aryl methyl sites for hydroxylation is 1. The number of methoxy groups -OCH3 is 1. The van der Waals surface area contributed by atoms with Crippen molar-refractivity contribution in [2.24, 2.45) is 7.05 Å². The molecule has 0 N–H and O–H groups in total. The van der Waals surface area contributed by atoms with Gasteiger partial charge in [0.1, 0.15) is 23.0 Å². The van der Waals surface area contributed by atoms with Crippen LogP contribution < -0.4 is 4.74 Å². The summed E-state index contributed by atoms with van der Waals surface area (Å²) in [5.74, 6) is 0.905. The summed E-state index contributed by atoms with van der Waals surface area (Å²) >= 11 is 0. The van der Waals surface area contributed by atoms with Crippen molar-refractivity contribution in [1.82, 2.24) is 14.7 Å². The lowest BCUT2D eigenvalue weighted by atomic mass is 10.1. The van der Waals surface area contributed by atoms with Crippen molar-refractivity contribution in [1.29, 1.82) is 0 Å². The summed E-state index contributed by atoms with van der Waals surface area (Å²) in [7, 11) is 0.00782. The summed E-state index contributed by atoms with van der Waals surface area (Å²) < 4.78 is 37.4. The van der Waals surface area contributed by atoms with E-state index in [1.807, 2.05) is 24.3 Å². The summed E-state index contributed by atoms with van der Waals surface area (Å²) in [6.07, 6.45) is 2.30. The predicted molar refractivity (Wildman–Crippen MR) is 115 cm³/mol. The van der Waals surface area contributed by atoms with Crippen LogP contribution in [0.25, 0.3) is 11.3 Å². The zero-order chi connectivity index (χ0) is 22.0. The van der Waals surface area contributed by atoms with Gasteiger partial charge in [0, 0.05) is 25.7 Å². The molecule has 0 spiro atoms. The number of amides is 1. The fourth-order valence-corrected chi connectivity index (χ4v) is 5.61. The third kappa shape index (κ3) is 4.51. The summed E-state index contributed by atoms with van der Waals surface area (Å²) in [5, 5.41) is 4.00. The van der Waals surface area contributed by atoms with Gasteiger partial charge in [0.05, 0.1) is 24.3 Å². The van der Waals surface area contributed by atoms with Crippen molar-refractivity contribution in [3.8, 4) is 17.0 Å². The quantitative estimate of drug-likeness (QED) is 0.581. The van der Waals surface area contributed by atoms with Crippen LogP contribution >= 0.6 is 0 Å². The standard InChI is InChI=1S/C22H25N3O5S/c1-24-21(14-20(23-24)16-5-3-6-17(13-16)29-2)22(26)25-10-8-19(9-11-25)31(27,28)15-18-7-4-12-30-18/h3-7,12-14,19H,8-11,15H2,1-2H3. The van der Waals surface area contributed by atoms with Crippen LogP contribution in [0.15, 0.2) is 53.1 Å². The molecule has 2 aromatic heterocycles. The molecule has 1 aromatic carbocycles. The van der Waals surface area contributed by atoms with Gasteiger partial charge in [0.25, 0.3) is 5.91 Å². The molecule has 164 valence electrons. The number of benzene rings is 1. The average Bonchev–Trinajstić information content (AvgIpc) is 3.42. The molecule has 0 saturated carbocycles. The third-order valence-corrected chi connectivity index (χ3v) is 7.80. The highest BCUT2D eigenvalue weighted by Gasteiger charge is 2.33. The number of nitrogens with zero attached hydrogens (tertiary/aromatic N) is 3. The Bertz CT molecular complexity index is 1160. The summed E-state index contributed by atoms with van der Waals surface area (Å²) in [4.78, 5) is 14.8. The maximum absolute atomic E-state index is 13.1. The Morgan fingerprint density at radius 1 is 1.19 bits per heavy atom. The van der Waals surface area contributed by atoms with E-state index in [4.69, 9.17) is 9.15 Å². The molecule has 1 aliphatic rings. The average molecular weight is 444 g/mol. The van der Waals surface area contributed by atoms with E-state index < -0.39 is 15.1 Å². The maximum atomic E-state index is 13.1. The van der Waals surface area contributed by atoms with Gasteiger partial charge >= 0.3 is 0 Å². The summed E-state index contributed by atoms with van der Waals surface area (Å²) in [5.41, 5.74) is 2.01. The predicted octanol–water partition coefficient (Wildman–Crippen LogP) is 2.91. The molecule has 0 unspecified atom stereocenters. The number of rotatable bonds is 6. The molecule has 0 radical (unpaired) electrons. The minimum Gasteiger partial charge on any atom is -0.497 e. The van der Waals surface area contributed by atoms with Crippen LogP contribution in [0.5, 0.6) is 5.75 Å². The molecule has 0 bridgehead atoms. The Hall–Kier alpha value is -3.07. The van der Waals surface area contributed by atoms with Crippen molar-refractivity contribution in [2.75, 3.05) is 20.2 Å². The SMILES string of the molecule is COc1cccc(-c2cc(C(=O)N3CCC(S(=O)(=O)Cc4ccco4)CC3)n(C)n2)c1. The van der Waals surface area contributed by atoms with Gasteiger partial charge in [-0.2, -0.15) is 5.10 Å². The number of ether oxygens (including phenoxy) is 1. The molecule has 1 aliphatic heterocycles. The molecule has 9 heteroatoms. The first kappa shape index (κ1) is 21.2. The van der Waals surface area contributed by atoms with E-state index in [1.165, 1.54) is 6.26 Å². The highest BCUT2D eigenvalue weighted by Crippen LogP contribution is 2.26. The summed E-state index contributed by atoms with van der Waals surface area (Å²) in [6, 6.07) is 12.6. The minimum absolute atomic E-state index is 0.107. The Labute approximate surface area is 181 Å². The first-order valence-corrected chi connectivity index (χ1v) is 11.8. The molecule has 1 amide bonds. The smallest absolute Gasteiger partial charge is 0.272 e. The molecule has 31 heavy (non-hydrogen) atoms. The van der Waals surface area contributed by atoms with Gasteiger partial charge in [0.15, 0.2) is 9.84 Å². The number of hydrogen-bond acceptors (Lipinski definition) is 6. The molecular weight excluding hydrogens is 418 g/mol. The van der Waals surface area contributed by atoms with E-state index in [9.17, 15) is 13.2 Å². The number of carbonyl (C=O) groups is 1. The van der Waals surface area contributed by atoms with Gasteiger partial charge in [-0.25, -0.2) is 8.42 Å². The molecule has 0 aliphatic carbocycles. The zero-order valence-electron chi connectivity index (χ0n) is 17.5. The van der Waals surface area contributed by atoms with Crippen molar-refractivity contribution in [2.45, 2.75) is 23.8 Å². The highest BCUT2D eigenvalue weighted by molar-refractivity contribution is 7.91. The van der Waals surface area contributed by atoms with E-state index in [-0.39, 0.29) is 11.7 Å². The number of sulfone groups is 1. The molecule has 8 nitrogen and oxygen atoms in total. The lowest BCUT2D eigenvalue weighted by Gasteiger charge is -2.31. The van der Waals surface area contributed by atoms with Crippen LogP contribution in [0, 0.1) is 0 Å². The van der Waals surface area contributed by atoms with E-state index in [0.29, 0.717) is 48.8 Å². The molecule has 3 aromatic rings. The van der Waals surface area contributed by atoms with Gasteiger partial charge < -0.3 is 14.1 Å². The number of furan rings is 1. The van der Waals surface area contributed by atoms with E-state index in [1.54, 1.807) is 41.9 Å². The Morgan fingerprint density at radius 3 is 2.65 bits per heavy atom. The fraction of sp³-hybridized carbons (Fsp3) is 0.364. The van der Waals surface area contributed by atoms with E-state index in [2.05, 4.69) is 5.10 Å². The first-order valence-electron chi connectivity index (χ1n) is 10.1. The fourth-order valence-electron chi connectivity index (χ4n) is 3.88. The number of likely N-dealkylation sites (tertiary alicyclic amines) is 1. The van der Waals surface area contributed by atoms with Gasteiger partial charge in [0.2, 0.25) is 0 Å². The highest BCUT2D eigenvalue weighted by atomic mass is 32.2. The summed E-state index contributed by atoms with van der Waals surface area (Å²) in [6.45, 7) is 0.779. The van der Waals surface area contributed by atoms with Crippen LogP contribution in [-0.2, 0) is 22.6 Å². The van der Waals surface area contributed by atoms with Crippen LogP contribution in [-0.4, -0.2) is 54.5 Å². The molecule has 0 atom stereocenters. The third-order valence-electron chi connectivity index (χ3n) is 5.63. The Kier molecular flexibility index (Phi) is 5.86. The second-order valence-electron chi connectivity index (χ2n) is 7.65. The number of piperidine rings is 1. The first-order chi connectivity index (χ1) is 14.9. The largest absolute Gasteiger partial charge is 0.497 e. The normalized spacial score (nSPS) is 15.2. The van der Waals surface area contributed by atoms with Gasteiger partial charge in [-0.15, -0.1) is 0 Å². The van der Waals surface area contributed by atoms with Crippen LogP contribution in [0.2, 0.25) is 0 Å². The molecule has 1 saturated heterocycles. The Balaban J connectivity index is 1.43. The minimum atomic E-state index is -3.33. The number of aromatic nitrogens is 2. The monoisotopic (exact) mass is 443 g/mol. The van der Waals surface area contributed by atoms with Gasteiger partial charge in [-0.3, -0.25) is 9.48 Å². The topological polar surface area (TPSA) is 94.6 Å². The van der Waals surface area contributed by atoms with Crippen LogP contribution in [0.4, 0.5) is 0 Å². The number of carbonyl (C=O) groups excluding carboxylic acids is 1. The maximum Gasteiger partial charge on any atom is 0.272 e. The lowest BCUT2D eigenvalue weighted by molar-refractivity contribution is 0.0714. The van der Waals surface area contributed by atoms with Crippen molar-refractivity contribution in [3.63, 3.8) is 0 Å². The molecular formula is C22H25N3O5S. The molecule has 3 heterocycles. The molecule has 1 fully saturated rings. The van der Waals surface area contributed by atoms with Crippen molar-refractivity contribution >= 4 is 15.7 Å².